The molecule has 0 atom stereocenters. The molecule has 0 fully saturated rings. The van der Waals surface area contributed by atoms with E-state index in [2.05, 4.69) is 32.4 Å². The summed E-state index contributed by atoms with van der Waals surface area (Å²) < 4.78 is 1.91. The van der Waals surface area contributed by atoms with Crippen molar-refractivity contribution in [2.75, 3.05) is 0 Å². The number of aromatic nitrogens is 6. The summed E-state index contributed by atoms with van der Waals surface area (Å²) in [6.45, 7) is 2.02. The van der Waals surface area contributed by atoms with Crippen molar-refractivity contribution in [1.29, 1.82) is 0 Å². The quantitative estimate of drug-likeness (QED) is 0.519. The van der Waals surface area contributed by atoms with Gasteiger partial charge in [-0.15, -0.1) is 22.7 Å². The van der Waals surface area contributed by atoms with E-state index in [1.807, 2.05) is 41.2 Å². The van der Waals surface area contributed by atoms with E-state index in [1.165, 1.54) is 6.33 Å². The summed E-state index contributed by atoms with van der Waals surface area (Å²) in [5.41, 5.74) is 4.03. The molecule has 8 heteroatoms. The molecule has 4 aromatic heterocycles. The van der Waals surface area contributed by atoms with Crippen molar-refractivity contribution in [3.05, 3.63) is 53.9 Å². The smallest absolute Gasteiger partial charge is 0.167 e. The molecule has 1 N–H and O–H groups in total. The van der Waals surface area contributed by atoms with Crippen LogP contribution in [0.2, 0.25) is 0 Å². The molecule has 5 aromatic rings. The Balaban J connectivity index is 1.77. The molecular formula is C17H12N6S2. The Morgan fingerprint density at radius 3 is 2.84 bits per heavy atom. The molecule has 25 heavy (non-hydrogen) atoms. The average Bonchev–Trinajstić information content (AvgIpc) is 3.39. The fraction of sp³-hybridized carbons (Fsp3) is 0.0588. The predicted molar refractivity (Wildman–Crippen MR) is 99.7 cm³/mol. The molecule has 0 aliphatic rings. The molecule has 0 saturated carbocycles. The van der Waals surface area contributed by atoms with Gasteiger partial charge in [0.1, 0.15) is 16.2 Å². The van der Waals surface area contributed by atoms with Crippen LogP contribution in [0.1, 0.15) is 5.69 Å². The summed E-state index contributed by atoms with van der Waals surface area (Å²) in [5, 5.41) is 14.5. The lowest BCUT2D eigenvalue weighted by Gasteiger charge is -1.98. The second kappa shape index (κ2) is 5.61. The van der Waals surface area contributed by atoms with E-state index in [9.17, 15) is 0 Å². The molecule has 122 valence electrons. The highest BCUT2D eigenvalue weighted by molar-refractivity contribution is 7.20. The third-order valence-electron chi connectivity index (χ3n) is 3.94. The molecule has 0 spiro atoms. The summed E-state index contributed by atoms with van der Waals surface area (Å²) in [4.78, 5) is 11.4. The molecule has 1 aromatic carbocycles. The molecule has 0 unspecified atom stereocenters. The maximum absolute atomic E-state index is 4.95. The lowest BCUT2D eigenvalue weighted by Crippen LogP contribution is -1.84. The summed E-state index contributed by atoms with van der Waals surface area (Å²) in [7, 11) is 0. The molecular weight excluding hydrogens is 352 g/mol. The maximum Gasteiger partial charge on any atom is 0.167 e. The van der Waals surface area contributed by atoms with Crippen molar-refractivity contribution in [3.63, 3.8) is 0 Å². The average molecular weight is 364 g/mol. The number of benzene rings is 1. The van der Waals surface area contributed by atoms with Crippen molar-refractivity contribution in [2.24, 2.45) is 0 Å². The number of aryl methyl sites for hydroxylation is 1. The second-order valence-electron chi connectivity index (χ2n) is 5.51. The van der Waals surface area contributed by atoms with Crippen molar-refractivity contribution in [2.45, 2.75) is 6.92 Å². The van der Waals surface area contributed by atoms with Crippen molar-refractivity contribution < 1.29 is 0 Å². The number of hydrogen-bond donors (Lipinski definition) is 1. The van der Waals surface area contributed by atoms with E-state index >= 15 is 0 Å². The van der Waals surface area contributed by atoms with Crippen LogP contribution in [0, 0.1) is 6.92 Å². The zero-order valence-electron chi connectivity index (χ0n) is 13.2. The van der Waals surface area contributed by atoms with E-state index < -0.39 is 0 Å². The highest BCUT2D eigenvalue weighted by Crippen LogP contribution is 2.41. The van der Waals surface area contributed by atoms with Crippen LogP contribution >= 0.6 is 22.7 Å². The first-order valence-electron chi connectivity index (χ1n) is 7.66. The van der Waals surface area contributed by atoms with Gasteiger partial charge in [-0.1, -0.05) is 30.3 Å². The first kappa shape index (κ1) is 14.5. The first-order valence-corrected chi connectivity index (χ1v) is 9.35. The molecule has 5 rings (SSSR count). The van der Waals surface area contributed by atoms with Crippen molar-refractivity contribution in [1.82, 2.24) is 29.8 Å². The Kier molecular flexibility index (Phi) is 3.25. The van der Waals surface area contributed by atoms with E-state index in [0.29, 0.717) is 0 Å². The highest BCUT2D eigenvalue weighted by Gasteiger charge is 2.22. The minimum Gasteiger partial charge on any atom is -0.259 e. The van der Waals surface area contributed by atoms with Crippen LogP contribution in [-0.2, 0) is 0 Å². The van der Waals surface area contributed by atoms with Gasteiger partial charge in [-0.25, -0.2) is 14.5 Å². The van der Waals surface area contributed by atoms with E-state index in [1.54, 1.807) is 22.7 Å². The number of aromatic amines is 1. The molecule has 6 nitrogen and oxygen atoms in total. The molecule has 0 radical (unpaired) electrons. The topological polar surface area (TPSA) is 71.8 Å². The Morgan fingerprint density at radius 1 is 1.16 bits per heavy atom. The van der Waals surface area contributed by atoms with Gasteiger partial charge in [0.25, 0.3) is 0 Å². The van der Waals surface area contributed by atoms with Gasteiger partial charge < -0.3 is 0 Å². The summed E-state index contributed by atoms with van der Waals surface area (Å²) in [5.74, 6) is 0.731. The summed E-state index contributed by atoms with van der Waals surface area (Å²) >= 11 is 3.28. The van der Waals surface area contributed by atoms with Crippen molar-refractivity contribution >= 4 is 27.5 Å². The number of rotatable bonds is 3. The largest absolute Gasteiger partial charge is 0.259 e. The number of nitrogens with one attached hydrogen (secondary N) is 1. The van der Waals surface area contributed by atoms with Gasteiger partial charge in [0, 0.05) is 17.1 Å². The minimum atomic E-state index is 0.731. The van der Waals surface area contributed by atoms with Gasteiger partial charge in [-0.05, 0) is 6.92 Å². The van der Waals surface area contributed by atoms with E-state index in [0.717, 1.165) is 43.1 Å². The highest BCUT2D eigenvalue weighted by atomic mass is 32.1. The Bertz CT molecular complexity index is 1150. The Morgan fingerprint density at radius 2 is 2.04 bits per heavy atom. The standard InChI is InChI=1S/C17H12N6S2/c1-10-12(17-23(22-10)7-8-24-17)16-20-13(11-5-3-2-4-6-11)14(25-16)15-18-9-19-21-15/h2-9H,1H3,(H,18,19,21). The van der Waals surface area contributed by atoms with Crippen LogP contribution in [0.4, 0.5) is 0 Å². The molecule has 0 bridgehead atoms. The van der Waals surface area contributed by atoms with Gasteiger partial charge >= 0.3 is 0 Å². The number of H-pyrrole nitrogens is 1. The third-order valence-corrected chi connectivity index (χ3v) is 5.89. The zero-order chi connectivity index (χ0) is 16.8. The predicted octanol–water partition coefficient (Wildman–Crippen LogP) is 4.28. The molecule has 0 aliphatic carbocycles. The number of thiazole rings is 2. The second-order valence-corrected chi connectivity index (χ2v) is 7.40. The molecule has 0 amide bonds. The van der Waals surface area contributed by atoms with Crippen LogP contribution in [0.5, 0.6) is 0 Å². The van der Waals surface area contributed by atoms with E-state index in [-0.39, 0.29) is 0 Å². The van der Waals surface area contributed by atoms with Gasteiger partial charge in [0.2, 0.25) is 0 Å². The van der Waals surface area contributed by atoms with Crippen LogP contribution in [-0.4, -0.2) is 29.8 Å². The Hall–Kier alpha value is -2.84. The zero-order valence-corrected chi connectivity index (χ0v) is 14.8. The van der Waals surface area contributed by atoms with Crippen LogP contribution in [0.15, 0.2) is 48.2 Å². The van der Waals surface area contributed by atoms with Gasteiger partial charge in [-0.3, -0.25) is 5.10 Å². The number of hydrogen-bond acceptors (Lipinski definition) is 6. The fourth-order valence-electron chi connectivity index (χ4n) is 2.83. The number of nitrogens with zero attached hydrogens (tertiary/aromatic N) is 5. The normalized spacial score (nSPS) is 11.4. The van der Waals surface area contributed by atoms with Gasteiger partial charge in [0.15, 0.2) is 5.82 Å². The number of fused-ring (bicyclic) bond motifs is 1. The monoisotopic (exact) mass is 364 g/mol. The molecule has 0 saturated heterocycles. The maximum atomic E-state index is 4.95. The Labute approximate surface area is 150 Å². The molecule has 0 aliphatic heterocycles. The lowest BCUT2D eigenvalue weighted by molar-refractivity contribution is 0.948. The molecule has 4 heterocycles. The minimum absolute atomic E-state index is 0.731. The van der Waals surface area contributed by atoms with Gasteiger partial charge in [0.05, 0.1) is 21.8 Å². The SMILES string of the molecule is Cc1nn2ccsc2c1-c1nc(-c2ccccc2)c(-c2ncn[nH]2)s1. The summed E-state index contributed by atoms with van der Waals surface area (Å²) in [6, 6.07) is 10.2. The van der Waals surface area contributed by atoms with Gasteiger partial charge in [-0.2, -0.15) is 10.2 Å². The van der Waals surface area contributed by atoms with E-state index in [4.69, 9.17) is 4.98 Å². The van der Waals surface area contributed by atoms with Crippen molar-refractivity contribution in [3.8, 4) is 32.5 Å². The fourth-order valence-corrected chi connectivity index (χ4v) is 4.91. The van der Waals surface area contributed by atoms with Crippen LogP contribution in [0.25, 0.3) is 37.4 Å². The third kappa shape index (κ3) is 2.30. The lowest BCUT2D eigenvalue weighted by atomic mass is 10.1. The first-order chi connectivity index (χ1) is 12.3. The van der Waals surface area contributed by atoms with Crippen LogP contribution < -0.4 is 0 Å². The summed E-state index contributed by atoms with van der Waals surface area (Å²) in [6.07, 6.45) is 3.49. The van der Waals surface area contributed by atoms with Crippen LogP contribution in [0.3, 0.4) is 0 Å².